The number of carbonyl (C=O) groups is 1. The van der Waals surface area contributed by atoms with Crippen molar-refractivity contribution in [2.45, 2.75) is 38.4 Å². The fraction of sp³-hybridized carbons (Fsp3) is 0.500. The van der Waals surface area contributed by atoms with Crippen molar-refractivity contribution in [1.29, 1.82) is 0 Å². The lowest BCUT2D eigenvalue weighted by molar-refractivity contribution is -0.850. The van der Waals surface area contributed by atoms with Crippen LogP contribution < -0.4 is 5.32 Å². The van der Waals surface area contributed by atoms with E-state index in [-0.39, 0.29) is 22.2 Å². The van der Waals surface area contributed by atoms with Gasteiger partial charge in [0.2, 0.25) is 0 Å². The van der Waals surface area contributed by atoms with Crippen LogP contribution >= 0.6 is 0 Å². The number of allylic oxidation sites excluding steroid dienone is 3. The van der Waals surface area contributed by atoms with Crippen molar-refractivity contribution >= 4 is 11.7 Å². The van der Waals surface area contributed by atoms with Crippen LogP contribution in [0.15, 0.2) is 42.0 Å². The van der Waals surface area contributed by atoms with Gasteiger partial charge in [0, 0.05) is 25.2 Å². The SMILES string of the molecule is CC[N+](C)(C(=O)Nc1ccc(F)c(C(F)(F)F)c1)C1CCN(CC2=CC=CCC2)C1. The molecule has 0 aromatic heterocycles. The Kier molecular flexibility index (Phi) is 6.67. The average Bonchev–Trinajstić information content (AvgIpc) is 3.17. The second kappa shape index (κ2) is 8.89. The van der Waals surface area contributed by atoms with Gasteiger partial charge in [0.15, 0.2) is 0 Å². The highest BCUT2D eigenvalue weighted by Gasteiger charge is 2.43. The largest absolute Gasteiger partial charge is 0.421 e. The summed E-state index contributed by atoms with van der Waals surface area (Å²) in [5.74, 6) is -1.36. The Morgan fingerprint density at radius 3 is 2.73 bits per heavy atom. The minimum Gasteiger partial charge on any atom is -0.293 e. The van der Waals surface area contributed by atoms with Crippen molar-refractivity contribution in [3.8, 4) is 0 Å². The van der Waals surface area contributed by atoms with E-state index in [1.807, 2.05) is 6.92 Å². The number of halogens is 4. The molecule has 2 atom stereocenters. The summed E-state index contributed by atoms with van der Waals surface area (Å²) in [4.78, 5) is 15.4. The Hall–Kier alpha value is -2.19. The molecule has 0 spiro atoms. The Morgan fingerprint density at radius 1 is 1.33 bits per heavy atom. The number of anilines is 1. The first-order chi connectivity index (χ1) is 14.1. The molecule has 1 N–H and O–H groups in total. The maximum atomic E-state index is 13.5. The van der Waals surface area contributed by atoms with E-state index in [1.54, 1.807) is 7.05 Å². The number of hydrogen-bond acceptors (Lipinski definition) is 2. The van der Waals surface area contributed by atoms with E-state index < -0.39 is 17.6 Å². The van der Waals surface area contributed by atoms with Crippen molar-refractivity contribution in [2.24, 2.45) is 0 Å². The number of nitrogens with zero attached hydrogens (tertiary/aromatic N) is 2. The van der Waals surface area contributed by atoms with Gasteiger partial charge in [-0.3, -0.25) is 10.2 Å². The summed E-state index contributed by atoms with van der Waals surface area (Å²) in [5, 5.41) is 2.57. The van der Waals surface area contributed by atoms with Gasteiger partial charge in [-0.1, -0.05) is 23.8 Å². The van der Waals surface area contributed by atoms with Crippen molar-refractivity contribution in [2.75, 3.05) is 38.5 Å². The third-order valence-corrected chi connectivity index (χ3v) is 6.22. The number of likely N-dealkylation sites (N-methyl/N-ethyl adjacent to an activating group) is 1. The van der Waals surface area contributed by atoms with Crippen molar-refractivity contribution < 1.29 is 26.8 Å². The molecule has 1 fully saturated rings. The second-order valence-electron chi connectivity index (χ2n) is 8.18. The topological polar surface area (TPSA) is 32.3 Å². The van der Waals surface area contributed by atoms with E-state index in [2.05, 4.69) is 28.4 Å². The van der Waals surface area contributed by atoms with Crippen LogP contribution in [0.2, 0.25) is 0 Å². The summed E-state index contributed by atoms with van der Waals surface area (Å²) in [6, 6.07) is 2.20. The summed E-state index contributed by atoms with van der Waals surface area (Å²) in [6.45, 7) is 4.89. The Balaban J connectivity index is 1.69. The number of amides is 2. The second-order valence-corrected chi connectivity index (χ2v) is 8.18. The number of urea groups is 1. The van der Waals surface area contributed by atoms with Crippen LogP contribution in [0.3, 0.4) is 0 Å². The molecule has 8 heteroatoms. The minimum absolute atomic E-state index is 0.0391. The number of likely N-dealkylation sites (tertiary alicyclic amines) is 1. The zero-order valence-electron chi connectivity index (χ0n) is 17.3. The van der Waals surface area contributed by atoms with Crippen LogP contribution in [0.1, 0.15) is 31.7 Å². The molecule has 0 bridgehead atoms. The van der Waals surface area contributed by atoms with E-state index >= 15 is 0 Å². The predicted molar refractivity (Wildman–Crippen MR) is 108 cm³/mol. The van der Waals surface area contributed by atoms with Crippen molar-refractivity contribution in [3.63, 3.8) is 0 Å². The molecule has 3 rings (SSSR count). The number of carbonyl (C=O) groups excluding carboxylic acids is 1. The number of nitrogens with one attached hydrogen (secondary N) is 1. The highest BCUT2D eigenvalue weighted by Crippen LogP contribution is 2.33. The van der Waals surface area contributed by atoms with Gasteiger partial charge in [0.05, 0.1) is 25.7 Å². The van der Waals surface area contributed by atoms with Crippen LogP contribution in [-0.2, 0) is 6.18 Å². The molecule has 0 saturated carbocycles. The molecule has 2 unspecified atom stereocenters. The quantitative estimate of drug-likeness (QED) is 0.519. The van der Waals surface area contributed by atoms with Crippen molar-refractivity contribution in [1.82, 2.24) is 4.90 Å². The highest BCUT2D eigenvalue weighted by atomic mass is 19.4. The molecule has 1 aromatic carbocycles. The minimum atomic E-state index is -4.82. The predicted octanol–water partition coefficient (Wildman–Crippen LogP) is 5.19. The Bertz CT molecular complexity index is 849. The zero-order valence-corrected chi connectivity index (χ0v) is 17.3. The highest BCUT2D eigenvalue weighted by molar-refractivity contribution is 5.84. The van der Waals surface area contributed by atoms with E-state index in [9.17, 15) is 22.4 Å². The van der Waals surface area contributed by atoms with Crippen molar-refractivity contribution in [3.05, 3.63) is 53.4 Å². The van der Waals surface area contributed by atoms with Crippen LogP contribution in [0.5, 0.6) is 0 Å². The van der Waals surface area contributed by atoms with Gasteiger partial charge in [-0.2, -0.15) is 13.2 Å². The number of quaternary nitrogens is 1. The average molecular weight is 426 g/mol. The van der Waals surface area contributed by atoms with E-state index in [1.165, 1.54) is 5.57 Å². The van der Waals surface area contributed by atoms with Gasteiger partial charge in [-0.15, -0.1) is 0 Å². The molecule has 4 nitrogen and oxygen atoms in total. The molecule has 30 heavy (non-hydrogen) atoms. The molecule has 1 aliphatic heterocycles. The number of benzene rings is 1. The third-order valence-electron chi connectivity index (χ3n) is 6.22. The van der Waals surface area contributed by atoms with Gasteiger partial charge in [0.1, 0.15) is 11.9 Å². The first-order valence-corrected chi connectivity index (χ1v) is 10.2. The summed E-state index contributed by atoms with van der Waals surface area (Å²) in [7, 11) is 1.81. The molecular weight excluding hydrogens is 398 g/mol. The summed E-state index contributed by atoms with van der Waals surface area (Å²) < 4.78 is 52.5. The molecule has 1 aromatic rings. The first-order valence-electron chi connectivity index (χ1n) is 10.2. The lowest BCUT2D eigenvalue weighted by atomic mass is 10.1. The van der Waals surface area contributed by atoms with Crippen LogP contribution in [0.25, 0.3) is 0 Å². The normalized spacial score (nSPS) is 21.9. The number of rotatable bonds is 5. The molecule has 0 radical (unpaired) electrons. The standard InChI is InChI=1S/C22H27F4N3O/c1-3-29(2,18-11-12-28(15-18)14-16-7-5-4-6-8-16)21(30)27-17-9-10-20(23)19(13-17)22(24,25)26/h4-5,7,9-10,13,18H,3,6,8,11-12,14-15H2,1-2H3/p+1. The summed E-state index contributed by atoms with van der Waals surface area (Å²) >= 11 is 0. The van der Waals surface area contributed by atoms with Crippen LogP contribution in [-0.4, -0.2) is 54.7 Å². The van der Waals surface area contributed by atoms with Gasteiger partial charge < -0.3 is 0 Å². The number of alkyl halides is 3. The summed E-state index contributed by atoms with van der Waals surface area (Å²) in [5.41, 5.74) is -0.0623. The fourth-order valence-electron chi connectivity index (χ4n) is 4.13. The fourth-order valence-corrected chi connectivity index (χ4v) is 4.13. The lowest BCUT2D eigenvalue weighted by Gasteiger charge is -2.36. The number of hydrogen-bond donors (Lipinski definition) is 1. The smallest absolute Gasteiger partial charge is 0.293 e. The van der Waals surface area contributed by atoms with Gasteiger partial charge in [0.25, 0.3) is 0 Å². The summed E-state index contributed by atoms with van der Waals surface area (Å²) in [6.07, 6.45) is 4.47. The molecule has 1 saturated heterocycles. The molecule has 2 amide bonds. The maximum Gasteiger partial charge on any atom is 0.421 e. The lowest BCUT2D eigenvalue weighted by Crippen LogP contribution is -2.59. The zero-order chi connectivity index (χ0) is 21.9. The maximum absolute atomic E-state index is 13.5. The molecule has 1 heterocycles. The van der Waals surface area contributed by atoms with E-state index in [0.717, 1.165) is 51.0 Å². The monoisotopic (exact) mass is 426 g/mol. The Labute approximate surface area is 174 Å². The molecule has 1 aliphatic carbocycles. The van der Waals surface area contributed by atoms with E-state index in [0.29, 0.717) is 12.6 Å². The van der Waals surface area contributed by atoms with Gasteiger partial charge >= 0.3 is 12.2 Å². The van der Waals surface area contributed by atoms with E-state index in [4.69, 9.17) is 0 Å². The first kappa shape index (κ1) is 22.5. The Morgan fingerprint density at radius 2 is 2.10 bits per heavy atom. The van der Waals surface area contributed by atoms with Gasteiger partial charge in [-0.05, 0) is 38.0 Å². The molecular formula is C22H28F4N3O+. The van der Waals surface area contributed by atoms with Gasteiger partial charge in [-0.25, -0.2) is 13.7 Å². The molecule has 164 valence electrons. The van der Waals surface area contributed by atoms with Crippen LogP contribution in [0.4, 0.5) is 28.0 Å². The molecule has 2 aliphatic rings. The van der Waals surface area contributed by atoms with Crippen LogP contribution in [0, 0.1) is 5.82 Å². The third kappa shape index (κ3) is 4.92.